The maximum absolute atomic E-state index is 11.0. The molecule has 2 heterocycles. The van der Waals surface area contributed by atoms with Gasteiger partial charge in [0.25, 0.3) is 5.69 Å². The van der Waals surface area contributed by atoms with E-state index in [0.29, 0.717) is 28.4 Å². The molecule has 2 aromatic heterocycles. The average molecular weight is 370 g/mol. The van der Waals surface area contributed by atoms with Crippen LogP contribution in [-0.4, -0.2) is 11.1 Å². The summed E-state index contributed by atoms with van der Waals surface area (Å²) in [5, 5.41) is 20.2. The number of halogens is 1. The fourth-order valence-corrected chi connectivity index (χ4v) is 2.52. The van der Waals surface area contributed by atoms with E-state index in [-0.39, 0.29) is 16.6 Å². The van der Waals surface area contributed by atoms with Crippen LogP contribution in [0.1, 0.15) is 22.6 Å². The van der Waals surface area contributed by atoms with Gasteiger partial charge in [0.2, 0.25) is 5.88 Å². The van der Waals surface area contributed by atoms with Crippen LogP contribution in [0.4, 0.5) is 11.6 Å². The van der Waals surface area contributed by atoms with Crippen LogP contribution in [0.25, 0.3) is 11.3 Å². The summed E-state index contributed by atoms with van der Waals surface area (Å²) in [4.78, 5) is 14.6. The van der Waals surface area contributed by atoms with Gasteiger partial charge in [-0.05, 0) is 38.1 Å². The number of benzene rings is 1. The average Bonchev–Trinajstić information content (AvgIpc) is 3.18. The van der Waals surface area contributed by atoms with Crippen LogP contribution >= 0.6 is 11.6 Å². The van der Waals surface area contributed by atoms with E-state index in [1.807, 2.05) is 0 Å². The van der Waals surface area contributed by atoms with Crippen molar-refractivity contribution >= 4 is 29.4 Å². The lowest BCUT2D eigenvalue weighted by Gasteiger charge is -1.99. The van der Waals surface area contributed by atoms with E-state index in [1.165, 1.54) is 18.3 Å². The Balaban J connectivity index is 1.90. The van der Waals surface area contributed by atoms with Crippen molar-refractivity contribution in [2.24, 2.45) is 4.99 Å². The first-order chi connectivity index (χ1) is 12.4. The first-order valence-electron chi connectivity index (χ1n) is 7.49. The molecule has 0 aliphatic heterocycles. The fraction of sp³-hybridized carbons (Fsp3) is 0.111. The predicted octanol–water partition coefficient (Wildman–Crippen LogP) is 5.34. The Kier molecular flexibility index (Phi) is 4.61. The van der Waals surface area contributed by atoms with Crippen molar-refractivity contribution in [1.29, 1.82) is 5.26 Å². The molecule has 0 bridgehead atoms. The number of nitro benzene ring substituents is 1. The van der Waals surface area contributed by atoms with E-state index < -0.39 is 4.92 Å². The van der Waals surface area contributed by atoms with Crippen LogP contribution in [0.5, 0.6) is 0 Å². The molecule has 1 aromatic carbocycles. The van der Waals surface area contributed by atoms with Crippen molar-refractivity contribution in [2.45, 2.75) is 13.8 Å². The van der Waals surface area contributed by atoms with Crippen molar-refractivity contribution in [1.82, 2.24) is 0 Å². The lowest BCUT2D eigenvalue weighted by atomic mass is 10.1. The summed E-state index contributed by atoms with van der Waals surface area (Å²) < 4.78 is 11.1. The molecule has 3 aromatic rings. The molecular formula is C18H12ClN3O4. The molecule has 26 heavy (non-hydrogen) atoms. The highest BCUT2D eigenvalue weighted by atomic mass is 35.5. The van der Waals surface area contributed by atoms with Gasteiger partial charge in [0.05, 0.1) is 11.1 Å². The van der Waals surface area contributed by atoms with Gasteiger partial charge in [0.15, 0.2) is 0 Å². The summed E-state index contributed by atoms with van der Waals surface area (Å²) in [6, 6.07) is 9.80. The Morgan fingerprint density at radius 2 is 2.04 bits per heavy atom. The quantitative estimate of drug-likeness (QED) is 0.350. The number of aryl methyl sites for hydroxylation is 1. The van der Waals surface area contributed by atoms with Gasteiger partial charge in [-0.25, -0.2) is 4.99 Å². The maximum atomic E-state index is 11.0. The number of rotatable bonds is 4. The van der Waals surface area contributed by atoms with Gasteiger partial charge < -0.3 is 8.83 Å². The molecule has 0 aliphatic rings. The molecule has 8 heteroatoms. The third kappa shape index (κ3) is 3.23. The van der Waals surface area contributed by atoms with Crippen LogP contribution < -0.4 is 0 Å². The fourth-order valence-electron chi connectivity index (χ4n) is 2.34. The Morgan fingerprint density at radius 3 is 2.73 bits per heavy atom. The molecule has 0 fully saturated rings. The van der Waals surface area contributed by atoms with Crippen LogP contribution in [0.3, 0.4) is 0 Å². The van der Waals surface area contributed by atoms with Crippen molar-refractivity contribution in [2.75, 3.05) is 0 Å². The van der Waals surface area contributed by atoms with Gasteiger partial charge in [0.1, 0.15) is 33.9 Å². The molecule has 0 unspecified atom stereocenters. The van der Waals surface area contributed by atoms with Gasteiger partial charge in [-0.3, -0.25) is 10.1 Å². The smallest absolute Gasteiger partial charge is 0.288 e. The third-order valence-corrected chi connectivity index (χ3v) is 4.16. The second kappa shape index (κ2) is 6.86. The number of nitrogens with zero attached hydrogens (tertiary/aromatic N) is 3. The summed E-state index contributed by atoms with van der Waals surface area (Å²) in [6.45, 7) is 3.54. The molecule has 0 saturated carbocycles. The first kappa shape index (κ1) is 17.5. The molecule has 0 saturated heterocycles. The highest BCUT2D eigenvalue weighted by molar-refractivity contribution is 6.32. The predicted molar refractivity (Wildman–Crippen MR) is 96.0 cm³/mol. The Hall–Kier alpha value is -3.37. The van der Waals surface area contributed by atoms with Gasteiger partial charge >= 0.3 is 0 Å². The summed E-state index contributed by atoms with van der Waals surface area (Å²) in [6.07, 6.45) is 1.42. The van der Waals surface area contributed by atoms with E-state index in [4.69, 9.17) is 20.4 Å². The number of nitro groups is 1. The molecular weight excluding hydrogens is 358 g/mol. The molecule has 7 nitrogen and oxygen atoms in total. The van der Waals surface area contributed by atoms with E-state index in [0.717, 1.165) is 5.56 Å². The van der Waals surface area contributed by atoms with Crippen molar-refractivity contribution < 1.29 is 13.8 Å². The summed E-state index contributed by atoms with van der Waals surface area (Å²) >= 11 is 5.81. The van der Waals surface area contributed by atoms with E-state index >= 15 is 0 Å². The number of nitriles is 1. The van der Waals surface area contributed by atoms with E-state index in [9.17, 15) is 15.4 Å². The molecule has 130 valence electrons. The number of aliphatic imine (C=N–C) groups is 1. The van der Waals surface area contributed by atoms with Crippen molar-refractivity contribution in [3.63, 3.8) is 0 Å². The van der Waals surface area contributed by atoms with Crippen LogP contribution in [-0.2, 0) is 0 Å². The van der Waals surface area contributed by atoms with E-state index in [1.54, 1.807) is 32.0 Å². The minimum Gasteiger partial charge on any atom is -0.455 e. The van der Waals surface area contributed by atoms with Gasteiger partial charge in [-0.1, -0.05) is 11.6 Å². The van der Waals surface area contributed by atoms with Crippen LogP contribution in [0.15, 0.2) is 44.2 Å². The molecule has 0 aliphatic carbocycles. The minimum absolute atomic E-state index is 0.0553. The number of hydrogen-bond donors (Lipinski definition) is 0. The van der Waals surface area contributed by atoms with Crippen LogP contribution in [0.2, 0.25) is 5.02 Å². The standard InChI is InChI=1S/C18H12ClN3O4/c1-10-11(2)25-18(14(10)8-20)21-9-13-4-6-17(26-13)12-3-5-15(19)16(7-12)22(23)24/h3-7,9H,1-2H3. The maximum Gasteiger partial charge on any atom is 0.288 e. The Labute approximate surface area is 153 Å². The van der Waals surface area contributed by atoms with Gasteiger partial charge in [-0.2, -0.15) is 5.26 Å². The summed E-state index contributed by atoms with van der Waals surface area (Å²) in [7, 11) is 0. The zero-order valence-corrected chi connectivity index (χ0v) is 14.6. The SMILES string of the molecule is Cc1oc(N=Cc2ccc(-c3ccc(Cl)c([N+](=O)[O-])c3)o2)c(C#N)c1C. The van der Waals surface area contributed by atoms with Gasteiger partial charge in [0, 0.05) is 17.2 Å². The van der Waals surface area contributed by atoms with Crippen molar-refractivity contribution in [3.05, 3.63) is 68.1 Å². The normalized spacial score (nSPS) is 11.0. The first-order valence-corrected chi connectivity index (χ1v) is 7.87. The molecule has 0 spiro atoms. The third-order valence-electron chi connectivity index (χ3n) is 3.84. The summed E-state index contributed by atoms with van der Waals surface area (Å²) in [5.74, 6) is 1.68. The topological polar surface area (TPSA) is 106 Å². The largest absolute Gasteiger partial charge is 0.455 e. The highest BCUT2D eigenvalue weighted by Crippen LogP contribution is 2.31. The second-order valence-electron chi connectivity index (χ2n) is 5.46. The monoisotopic (exact) mass is 369 g/mol. The Bertz CT molecular complexity index is 1070. The molecule has 0 amide bonds. The molecule has 3 rings (SSSR count). The zero-order chi connectivity index (χ0) is 18.8. The highest BCUT2D eigenvalue weighted by Gasteiger charge is 2.16. The molecule has 0 atom stereocenters. The summed E-state index contributed by atoms with van der Waals surface area (Å²) in [5.41, 5.74) is 1.44. The minimum atomic E-state index is -0.553. The Morgan fingerprint density at radius 1 is 1.27 bits per heavy atom. The van der Waals surface area contributed by atoms with Gasteiger partial charge in [-0.15, -0.1) is 0 Å². The lowest BCUT2D eigenvalue weighted by Crippen LogP contribution is -1.89. The zero-order valence-electron chi connectivity index (χ0n) is 13.8. The van der Waals surface area contributed by atoms with E-state index in [2.05, 4.69) is 11.1 Å². The molecule has 0 radical (unpaired) electrons. The number of hydrogen-bond acceptors (Lipinski definition) is 6. The van der Waals surface area contributed by atoms with Crippen molar-refractivity contribution in [3.8, 4) is 17.4 Å². The molecule has 0 N–H and O–H groups in total. The second-order valence-corrected chi connectivity index (χ2v) is 5.87. The van der Waals surface area contributed by atoms with Crippen LogP contribution in [0, 0.1) is 35.3 Å². The number of furan rings is 2. The lowest BCUT2D eigenvalue weighted by molar-refractivity contribution is -0.384.